The number of aromatic nitrogens is 2. The maximum atomic E-state index is 12.1. The van der Waals surface area contributed by atoms with Gasteiger partial charge in [-0.05, 0) is 30.2 Å². The van der Waals surface area contributed by atoms with Crippen LogP contribution in [0.15, 0.2) is 16.5 Å². The van der Waals surface area contributed by atoms with Crippen molar-refractivity contribution in [3.05, 3.63) is 23.4 Å². The van der Waals surface area contributed by atoms with Gasteiger partial charge in [-0.1, -0.05) is 6.92 Å². The Bertz CT molecular complexity index is 589. The van der Waals surface area contributed by atoms with E-state index in [2.05, 4.69) is 22.4 Å². The largest absolute Gasteiger partial charge is 0.352 e. The lowest BCUT2D eigenvalue weighted by atomic mass is 10.0. The van der Waals surface area contributed by atoms with E-state index in [-0.39, 0.29) is 5.91 Å². The fraction of sp³-hybridized carbons (Fsp3) is 0.385. The van der Waals surface area contributed by atoms with Crippen molar-refractivity contribution in [3.8, 4) is 10.6 Å². The molecule has 100 valence electrons. The first-order chi connectivity index (χ1) is 9.31. The molecule has 0 aliphatic carbocycles. The predicted octanol–water partition coefficient (Wildman–Crippen LogP) is 2.93. The molecule has 0 radical (unpaired) electrons. The lowest BCUT2D eigenvalue weighted by Gasteiger charge is -2.14. The SMILES string of the molecule is CCCSc1sc(-c2ccn[nH]2)c2c1C(=O)NCC2. The van der Waals surface area contributed by atoms with Gasteiger partial charge in [0.05, 0.1) is 20.3 Å². The van der Waals surface area contributed by atoms with Crippen LogP contribution in [0.3, 0.4) is 0 Å². The Labute approximate surface area is 120 Å². The smallest absolute Gasteiger partial charge is 0.253 e. The fourth-order valence-corrected chi connectivity index (χ4v) is 4.74. The van der Waals surface area contributed by atoms with E-state index >= 15 is 0 Å². The van der Waals surface area contributed by atoms with Crippen LogP contribution in [-0.4, -0.2) is 28.4 Å². The summed E-state index contributed by atoms with van der Waals surface area (Å²) >= 11 is 3.49. The molecule has 1 aliphatic rings. The van der Waals surface area contributed by atoms with Crippen LogP contribution < -0.4 is 5.32 Å². The second-order valence-corrected chi connectivity index (χ2v) is 6.78. The molecule has 0 unspecified atom stereocenters. The van der Waals surface area contributed by atoms with Crippen molar-refractivity contribution in [1.82, 2.24) is 15.5 Å². The van der Waals surface area contributed by atoms with Gasteiger partial charge in [0.1, 0.15) is 0 Å². The highest BCUT2D eigenvalue weighted by molar-refractivity contribution is 8.01. The van der Waals surface area contributed by atoms with Crippen LogP contribution >= 0.6 is 23.1 Å². The van der Waals surface area contributed by atoms with E-state index in [0.717, 1.165) is 40.6 Å². The summed E-state index contributed by atoms with van der Waals surface area (Å²) in [5.74, 6) is 1.12. The minimum Gasteiger partial charge on any atom is -0.352 e. The summed E-state index contributed by atoms with van der Waals surface area (Å²) in [6.07, 6.45) is 3.76. The number of amides is 1. The van der Waals surface area contributed by atoms with Gasteiger partial charge in [0.15, 0.2) is 0 Å². The molecule has 0 saturated carbocycles. The number of hydrogen-bond donors (Lipinski definition) is 2. The summed E-state index contributed by atoms with van der Waals surface area (Å²) in [6.45, 7) is 2.88. The summed E-state index contributed by atoms with van der Waals surface area (Å²) in [7, 11) is 0. The molecular formula is C13H15N3OS2. The third kappa shape index (κ3) is 2.30. The van der Waals surface area contributed by atoms with Gasteiger partial charge in [-0.2, -0.15) is 5.10 Å². The van der Waals surface area contributed by atoms with Gasteiger partial charge in [0.2, 0.25) is 0 Å². The van der Waals surface area contributed by atoms with Crippen LogP contribution in [-0.2, 0) is 6.42 Å². The summed E-state index contributed by atoms with van der Waals surface area (Å²) in [4.78, 5) is 13.3. The summed E-state index contributed by atoms with van der Waals surface area (Å²) in [5, 5.41) is 9.96. The molecule has 3 heterocycles. The van der Waals surface area contributed by atoms with E-state index in [4.69, 9.17) is 0 Å². The molecule has 1 amide bonds. The average Bonchev–Trinajstić information content (AvgIpc) is 3.04. The fourth-order valence-electron chi connectivity index (χ4n) is 2.20. The van der Waals surface area contributed by atoms with E-state index in [1.807, 2.05) is 6.07 Å². The first kappa shape index (κ1) is 12.7. The monoisotopic (exact) mass is 293 g/mol. The maximum absolute atomic E-state index is 12.1. The summed E-state index contributed by atoms with van der Waals surface area (Å²) < 4.78 is 1.14. The predicted molar refractivity (Wildman–Crippen MR) is 79.0 cm³/mol. The highest BCUT2D eigenvalue weighted by Gasteiger charge is 2.27. The minimum absolute atomic E-state index is 0.0712. The molecule has 4 nitrogen and oxygen atoms in total. The second kappa shape index (κ2) is 5.38. The topological polar surface area (TPSA) is 57.8 Å². The molecule has 0 saturated heterocycles. The van der Waals surface area contributed by atoms with Crippen molar-refractivity contribution in [2.45, 2.75) is 24.0 Å². The van der Waals surface area contributed by atoms with Crippen molar-refractivity contribution < 1.29 is 4.79 Å². The number of rotatable bonds is 4. The van der Waals surface area contributed by atoms with Gasteiger partial charge in [0.25, 0.3) is 5.91 Å². The minimum atomic E-state index is 0.0712. The van der Waals surface area contributed by atoms with E-state index in [0.29, 0.717) is 0 Å². The Morgan fingerprint density at radius 2 is 2.42 bits per heavy atom. The van der Waals surface area contributed by atoms with Crippen molar-refractivity contribution in [2.24, 2.45) is 0 Å². The zero-order valence-corrected chi connectivity index (χ0v) is 12.3. The van der Waals surface area contributed by atoms with Crippen molar-refractivity contribution >= 4 is 29.0 Å². The summed E-state index contributed by atoms with van der Waals surface area (Å²) in [6, 6.07) is 1.97. The quantitative estimate of drug-likeness (QED) is 0.852. The number of aromatic amines is 1. The van der Waals surface area contributed by atoms with Gasteiger partial charge in [0, 0.05) is 12.7 Å². The number of carbonyl (C=O) groups excluding carboxylic acids is 1. The average molecular weight is 293 g/mol. The standard InChI is InChI=1S/C13H15N3OS2/c1-2-7-18-13-10-8(3-5-14-12(10)17)11(19-13)9-4-6-15-16-9/h4,6H,2-3,5,7H2,1H3,(H,14,17)(H,15,16). The lowest BCUT2D eigenvalue weighted by Crippen LogP contribution is -2.31. The van der Waals surface area contributed by atoms with E-state index in [1.54, 1.807) is 29.3 Å². The number of H-pyrrole nitrogens is 1. The Balaban J connectivity index is 2.08. The van der Waals surface area contributed by atoms with Crippen molar-refractivity contribution in [2.75, 3.05) is 12.3 Å². The van der Waals surface area contributed by atoms with Gasteiger partial charge in [-0.15, -0.1) is 23.1 Å². The first-order valence-corrected chi connectivity index (χ1v) is 8.18. The summed E-state index contributed by atoms with van der Waals surface area (Å²) in [5.41, 5.74) is 3.08. The Morgan fingerprint density at radius 3 is 3.16 bits per heavy atom. The molecule has 19 heavy (non-hydrogen) atoms. The van der Waals surface area contributed by atoms with Gasteiger partial charge >= 0.3 is 0 Å². The molecule has 0 spiro atoms. The zero-order chi connectivity index (χ0) is 13.2. The van der Waals surface area contributed by atoms with Crippen LogP contribution in [0, 0.1) is 0 Å². The van der Waals surface area contributed by atoms with Crippen LogP contribution in [0.25, 0.3) is 10.6 Å². The van der Waals surface area contributed by atoms with Gasteiger partial charge < -0.3 is 5.32 Å². The maximum Gasteiger partial charge on any atom is 0.253 e. The lowest BCUT2D eigenvalue weighted by molar-refractivity contribution is 0.0944. The van der Waals surface area contributed by atoms with Crippen molar-refractivity contribution in [1.29, 1.82) is 0 Å². The third-order valence-corrected chi connectivity index (χ3v) is 5.79. The number of hydrogen-bond acceptors (Lipinski definition) is 4. The zero-order valence-electron chi connectivity index (χ0n) is 10.7. The molecule has 2 aromatic heterocycles. The Hall–Kier alpha value is -1.27. The van der Waals surface area contributed by atoms with Crippen LogP contribution in [0.1, 0.15) is 29.3 Å². The number of thiophene rings is 1. The number of thioether (sulfide) groups is 1. The van der Waals surface area contributed by atoms with E-state index in [1.165, 1.54) is 10.4 Å². The van der Waals surface area contributed by atoms with E-state index < -0.39 is 0 Å². The van der Waals surface area contributed by atoms with E-state index in [9.17, 15) is 4.79 Å². The Morgan fingerprint density at radius 1 is 1.53 bits per heavy atom. The van der Waals surface area contributed by atoms with Crippen LogP contribution in [0.5, 0.6) is 0 Å². The van der Waals surface area contributed by atoms with Gasteiger partial charge in [-0.3, -0.25) is 9.89 Å². The molecule has 0 fully saturated rings. The first-order valence-electron chi connectivity index (χ1n) is 6.37. The molecule has 2 N–H and O–H groups in total. The second-order valence-electron chi connectivity index (χ2n) is 4.40. The molecule has 2 aromatic rings. The third-order valence-electron chi connectivity index (χ3n) is 3.05. The molecule has 0 aromatic carbocycles. The number of fused-ring (bicyclic) bond motifs is 1. The molecule has 1 aliphatic heterocycles. The number of carbonyl (C=O) groups is 1. The molecule has 0 bridgehead atoms. The molecule has 3 rings (SSSR count). The van der Waals surface area contributed by atoms with Crippen molar-refractivity contribution in [3.63, 3.8) is 0 Å². The van der Waals surface area contributed by atoms with Crippen LogP contribution in [0.2, 0.25) is 0 Å². The highest BCUT2D eigenvalue weighted by atomic mass is 32.2. The molecular weight excluding hydrogens is 278 g/mol. The van der Waals surface area contributed by atoms with Crippen LogP contribution in [0.4, 0.5) is 0 Å². The number of nitrogens with zero attached hydrogens (tertiary/aromatic N) is 1. The molecule has 0 atom stereocenters. The Kier molecular flexibility index (Phi) is 3.61. The number of nitrogens with one attached hydrogen (secondary N) is 2. The normalized spacial score (nSPS) is 14.3. The molecule has 6 heteroatoms. The highest BCUT2D eigenvalue weighted by Crippen LogP contribution is 2.42. The van der Waals surface area contributed by atoms with Gasteiger partial charge in [-0.25, -0.2) is 0 Å².